The van der Waals surface area contributed by atoms with Crippen molar-refractivity contribution in [2.24, 2.45) is 0 Å². The SMILES string of the molecule is Cc1nccn1-c1ccc([C@H](C)NCc2ncc[nH]2)cc1. The fourth-order valence-electron chi connectivity index (χ4n) is 2.34. The quantitative estimate of drug-likeness (QED) is 0.756. The number of aromatic amines is 1. The smallest absolute Gasteiger partial charge is 0.120 e. The standard InChI is InChI=1S/C16H19N5/c1-12(20-11-16-18-7-8-19-16)14-3-5-15(6-4-14)21-10-9-17-13(21)2/h3-10,12,20H,11H2,1-2H3,(H,18,19)/t12-/m0/s1. The van der Waals surface area contributed by atoms with Crippen LogP contribution in [0.5, 0.6) is 0 Å². The van der Waals surface area contributed by atoms with Gasteiger partial charge in [-0.3, -0.25) is 0 Å². The third kappa shape index (κ3) is 3.03. The molecule has 0 aliphatic rings. The lowest BCUT2D eigenvalue weighted by Gasteiger charge is -2.14. The molecule has 0 bridgehead atoms. The van der Waals surface area contributed by atoms with E-state index in [1.807, 2.05) is 25.5 Å². The fraction of sp³-hybridized carbons (Fsp3) is 0.250. The molecule has 21 heavy (non-hydrogen) atoms. The van der Waals surface area contributed by atoms with Crippen LogP contribution in [0.15, 0.2) is 49.1 Å². The van der Waals surface area contributed by atoms with Gasteiger partial charge in [0.2, 0.25) is 0 Å². The first-order chi connectivity index (χ1) is 10.2. The number of imidazole rings is 2. The van der Waals surface area contributed by atoms with E-state index in [9.17, 15) is 0 Å². The molecule has 1 atom stereocenters. The Kier molecular flexibility index (Phi) is 3.83. The van der Waals surface area contributed by atoms with Crippen LogP contribution in [0.3, 0.4) is 0 Å². The molecule has 5 nitrogen and oxygen atoms in total. The Morgan fingerprint density at radius 1 is 1.19 bits per heavy atom. The molecule has 2 heterocycles. The number of rotatable bonds is 5. The van der Waals surface area contributed by atoms with Crippen LogP contribution in [0.2, 0.25) is 0 Å². The van der Waals surface area contributed by atoms with Crippen LogP contribution in [0, 0.1) is 6.92 Å². The summed E-state index contributed by atoms with van der Waals surface area (Å²) >= 11 is 0. The number of nitrogens with one attached hydrogen (secondary N) is 2. The summed E-state index contributed by atoms with van der Waals surface area (Å²) in [6, 6.07) is 8.81. The molecule has 2 N–H and O–H groups in total. The molecule has 0 fully saturated rings. The van der Waals surface area contributed by atoms with Crippen LogP contribution in [-0.4, -0.2) is 19.5 Å². The molecular formula is C16H19N5. The summed E-state index contributed by atoms with van der Waals surface area (Å²) in [7, 11) is 0. The van der Waals surface area contributed by atoms with Gasteiger partial charge in [0.25, 0.3) is 0 Å². The van der Waals surface area contributed by atoms with Gasteiger partial charge in [-0.25, -0.2) is 9.97 Å². The Bertz CT molecular complexity index is 682. The Morgan fingerprint density at radius 3 is 2.62 bits per heavy atom. The van der Waals surface area contributed by atoms with Crippen molar-refractivity contribution in [3.63, 3.8) is 0 Å². The first-order valence-corrected chi connectivity index (χ1v) is 7.06. The normalized spacial score (nSPS) is 12.5. The second-order valence-corrected chi connectivity index (χ2v) is 5.07. The number of hydrogen-bond acceptors (Lipinski definition) is 3. The molecule has 0 saturated heterocycles. The first kappa shape index (κ1) is 13.6. The number of hydrogen-bond donors (Lipinski definition) is 2. The highest BCUT2D eigenvalue weighted by Crippen LogP contribution is 2.17. The van der Waals surface area contributed by atoms with Crippen molar-refractivity contribution in [3.8, 4) is 5.69 Å². The van der Waals surface area contributed by atoms with Crippen molar-refractivity contribution in [1.29, 1.82) is 0 Å². The van der Waals surface area contributed by atoms with E-state index in [4.69, 9.17) is 0 Å². The first-order valence-electron chi connectivity index (χ1n) is 7.06. The van der Waals surface area contributed by atoms with E-state index in [-0.39, 0.29) is 6.04 Å². The molecule has 3 aromatic rings. The third-order valence-corrected chi connectivity index (χ3v) is 3.63. The predicted molar refractivity (Wildman–Crippen MR) is 82.1 cm³/mol. The van der Waals surface area contributed by atoms with Gasteiger partial charge in [0.15, 0.2) is 0 Å². The fourth-order valence-corrected chi connectivity index (χ4v) is 2.34. The zero-order valence-electron chi connectivity index (χ0n) is 12.2. The van der Waals surface area contributed by atoms with E-state index < -0.39 is 0 Å². The van der Waals surface area contributed by atoms with Gasteiger partial charge in [-0.05, 0) is 31.5 Å². The summed E-state index contributed by atoms with van der Waals surface area (Å²) in [5.74, 6) is 1.94. The second-order valence-electron chi connectivity index (χ2n) is 5.07. The van der Waals surface area contributed by atoms with E-state index >= 15 is 0 Å². The van der Waals surface area contributed by atoms with Crippen molar-refractivity contribution in [3.05, 3.63) is 66.3 Å². The summed E-state index contributed by atoms with van der Waals surface area (Å²) in [6.07, 6.45) is 7.40. The van der Waals surface area contributed by atoms with Gasteiger partial charge in [-0.1, -0.05) is 12.1 Å². The summed E-state index contributed by atoms with van der Waals surface area (Å²) in [6.45, 7) is 4.89. The topological polar surface area (TPSA) is 58.5 Å². The molecule has 0 aliphatic heterocycles. The Balaban J connectivity index is 1.67. The minimum atomic E-state index is 0.271. The van der Waals surface area contributed by atoms with E-state index in [0.29, 0.717) is 0 Å². The van der Waals surface area contributed by atoms with E-state index in [1.165, 1.54) is 5.56 Å². The van der Waals surface area contributed by atoms with Crippen molar-refractivity contribution in [2.75, 3.05) is 0 Å². The molecule has 5 heteroatoms. The molecule has 0 amide bonds. The van der Waals surface area contributed by atoms with Gasteiger partial charge in [-0.2, -0.15) is 0 Å². The molecule has 1 aromatic carbocycles. The van der Waals surface area contributed by atoms with Crippen LogP contribution in [0.1, 0.15) is 30.2 Å². The second kappa shape index (κ2) is 5.93. The molecule has 2 aromatic heterocycles. The molecular weight excluding hydrogens is 262 g/mol. The van der Waals surface area contributed by atoms with E-state index in [1.54, 1.807) is 6.20 Å². The van der Waals surface area contributed by atoms with Gasteiger partial charge in [0.1, 0.15) is 11.6 Å². The van der Waals surface area contributed by atoms with Crippen LogP contribution in [0.25, 0.3) is 5.69 Å². The highest BCUT2D eigenvalue weighted by molar-refractivity contribution is 5.36. The van der Waals surface area contributed by atoms with Gasteiger partial charge in [0.05, 0.1) is 6.54 Å². The minimum Gasteiger partial charge on any atom is -0.348 e. The summed E-state index contributed by atoms with van der Waals surface area (Å²) in [4.78, 5) is 11.6. The molecule has 0 saturated carbocycles. The number of nitrogens with zero attached hydrogens (tertiary/aromatic N) is 3. The largest absolute Gasteiger partial charge is 0.348 e. The maximum absolute atomic E-state index is 4.25. The molecule has 3 rings (SSSR count). The molecule has 0 unspecified atom stereocenters. The number of benzene rings is 1. The highest BCUT2D eigenvalue weighted by Gasteiger charge is 2.06. The molecule has 108 valence electrons. The van der Waals surface area contributed by atoms with Crippen LogP contribution in [0.4, 0.5) is 0 Å². The number of aromatic nitrogens is 4. The summed E-state index contributed by atoms with van der Waals surface area (Å²) in [5, 5.41) is 3.45. The zero-order valence-corrected chi connectivity index (χ0v) is 12.2. The average Bonchev–Trinajstić information content (AvgIpc) is 3.16. The summed E-state index contributed by atoms with van der Waals surface area (Å²) in [5.41, 5.74) is 2.38. The number of H-pyrrole nitrogens is 1. The van der Waals surface area contributed by atoms with Gasteiger partial charge in [-0.15, -0.1) is 0 Å². The van der Waals surface area contributed by atoms with Gasteiger partial charge < -0.3 is 14.9 Å². The van der Waals surface area contributed by atoms with Crippen molar-refractivity contribution < 1.29 is 0 Å². The molecule has 0 radical (unpaired) electrons. The third-order valence-electron chi connectivity index (χ3n) is 3.63. The molecule has 0 aliphatic carbocycles. The van der Waals surface area contributed by atoms with E-state index in [0.717, 1.165) is 23.9 Å². The van der Waals surface area contributed by atoms with Crippen molar-refractivity contribution in [2.45, 2.75) is 26.4 Å². The van der Waals surface area contributed by atoms with Gasteiger partial charge in [0, 0.05) is 36.5 Å². The molecule has 0 spiro atoms. The van der Waals surface area contributed by atoms with Crippen molar-refractivity contribution in [1.82, 2.24) is 24.8 Å². The summed E-state index contributed by atoms with van der Waals surface area (Å²) < 4.78 is 2.07. The van der Waals surface area contributed by atoms with Crippen LogP contribution in [-0.2, 0) is 6.54 Å². The van der Waals surface area contributed by atoms with Crippen LogP contribution >= 0.6 is 0 Å². The lowest BCUT2D eigenvalue weighted by molar-refractivity contribution is 0.562. The van der Waals surface area contributed by atoms with Gasteiger partial charge >= 0.3 is 0 Å². The number of aryl methyl sites for hydroxylation is 1. The minimum absolute atomic E-state index is 0.271. The average molecular weight is 281 g/mol. The Labute approximate surface area is 124 Å². The van der Waals surface area contributed by atoms with Crippen LogP contribution < -0.4 is 5.32 Å². The Hall–Kier alpha value is -2.40. The maximum Gasteiger partial charge on any atom is 0.120 e. The predicted octanol–water partition coefficient (Wildman–Crippen LogP) is 2.75. The monoisotopic (exact) mass is 281 g/mol. The highest BCUT2D eigenvalue weighted by atomic mass is 15.1. The lowest BCUT2D eigenvalue weighted by atomic mass is 10.1. The van der Waals surface area contributed by atoms with E-state index in [2.05, 4.69) is 56.0 Å². The zero-order chi connectivity index (χ0) is 14.7. The van der Waals surface area contributed by atoms with Crippen molar-refractivity contribution >= 4 is 0 Å². The maximum atomic E-state index is 4.25. The lowest BCUT2D eigenvalue weighted by Crippen LogP contribution is -2.18. The Morgan fingerprint density at radius 2 is 2.00 bits per heavy atom.